The minimum Gasteiger partial charge on any atom is -0.444 e. The predicted molar refractivity (Wildman–Crippen MR) is 80.6 cm³/mol. The average Bonchev–Trinajstić information content (AvgIpc) is 2.47. The number of rotatable bonds is 1. The third kappa shape index (κ3) is 3.06. The van der Waals surface area contributed by atoms with Crippen LogP contribution in [0.4, 0.5) is 10.5 Å². The number of hydrogen-bond donors (Lipinski definition) is 2. The van der Waals surface area contributed by atoms with E-state index in [9.17, 15) is 4.79 Å². The molecule has 4 heteroatoms. The second-order valence-corrected chi connectivity index (χ2v) is 7.13. The highest BCUT2D eigenvalue weighted by Gasteiger charge is 2.38. The molecular weight excluding hydrogens is 252 g/mol. The number of anilines is 1. The topological polar surface area (TPSA) is 64.3 Å². The maximum absolute atomic E-state index is 12.0. The Morgan fingerprint density at radius 1 is 1.40 bits per heavy atom. The third-order valence-corrected chi connectivity index (χ3v) is 3.59. The van der Waals surface area contributed by atoms with Crippen LogP contribution in [0, 0.1) is 0 Å². The molecule has 0 fully saturated rings. The van der Waals surface area contributed by atoms with E-state index in [1.54, 1.807) is 0 Å². The normalized spacial score (nSPS) is 20.4. The second-order valence-electron chi connectivity index (χ2n) is 7.13. The van der Waals surface area contributed by atoms with Crippen LogP contribution in [0.2, 0.25) is 0 Å². The third-order valence-electron chi connectivity index (χ3n) is 3.59. The highest BCUT2D eigenvalue weighted by molar-refractivity contribution is 5.69. The van der Waals surface area contributed by atoms with E-state index in [2.05, 4.69) is 25.2 Å². The summed E-state index contributed by atoms with van der Waals surface area (Å²) in [4.78, 5) is 12.0. The van der Waals surface area contributed by atoms with Crippen molar-refractivity contribution in [3.63, 3.8) is 0 Å². The van der Waals surface area contributed by atoms with Gasteiger partial charge >= 0.3 is 6.09 Å². The summed E-state index contributed by atoms with van der Waals surface area (Å²) in [6.45, 7) is 9.93. The molecule has 2 rings (SSSR count). The van der Waals surface area contributed by atoms with Crippen LogP contribution in [0.1, 0.15) is 58.2 Å². The van der Waals surface area contributed by atoms with Gasteiger partial charge in [-0.3, -0.25) is 0 Å². The standard InChI is InChI=1S/C16H24N2O2/c1-15(2,3)20-14(19)18-13-9-16(4,5)12-7-6-10(17)8-11(12)13/h6-8,13H,9,17H2,1-5H3,(H,18,19)/t13-/m0/s1. The quantitative estimate of drug-likeness (QED) is 0.771. The van der Waals surface area contributed by atoms with Crippen molar-refractivity contribution in [1.82, 2.24) is 5.32 Å². The summed E-state index contributed by atoms with van der Waals surface area (Å²) in [6, 6.07) is 5.88. The van der Waals surface area contributed by atoms with Crippen LogP contribution < -0.4 is 11.1 Å². The molecule has 1 amide bonds. The van der Waals surface area contributed by atoms with Gasteiger partial charge in [-0.05, 0) is 55.9 Å². The fourth-order valence-corrected chi connectivity index (χ4v) is 2.79. The van der Waals surface area contributed by atoms with E-state index in [-0.39, 0.29) is 17.6 Å². The van der Waals surface area contributed by atoms with Gasteiger partial charge in [-0.1, -0.05) is 19.9 Å². The van der Waals surface area contributed by atoms with Gasteiger partial charge in [-0.2, -0.15) is 0 Å². The van der Waals surface area contributed by atoms with Crippen molar-refractivity contribution in [1.29, 1.82) is 0 Å². The largest absolute Gasteiger partial charge is 0.444 e. The lowest BCUT2D eigenvalue weighted by Crippen LogP contribution is -2.34. The number of alkyl carbamates (subject to hydrolysis) is 1. The first-order valence-electron chi connectivity index (χ1n) is 6.98. The van der Waals surface area contributed by atoms with Gasteiger partial charge in [0.1, 0.15) is 5.60 Å². The van der Waals surface area contributed by atoms with Gasteiger partial charge in [0.2, 0.25) is 0 Å². The van der Waals surface area contributed by atoms with Crippen molar-refractivity contribution in [3.8, 4) is 0 Å². The Bertz CT molecular complexity index is 530. The fraction of sp³-hybridized carbons (Fsp3) is 0.562. The Morgan fingerprint density at radius 2 is 2.05 bits per heavy atom. The van der Waals surface area contributed by atoms with Crippen LogP contribution in [0.3, 0.4) is 0 Å². The molecule has 0 aromatic heterocycles. The molecule has 0 bridgehead atoms. The smallest absolute Gasteiger partial charge is 0.408 e. The van der Waals surface area contributed by atoms with E-state index in [0.717, 1.165) is 17.7 Å². The summed E-state index contributed by atoms with van der Waals surface area (Å²) in [6.07, 6.45) is 0.471. The first-order valence-corrected chi connectivity index (χ1v) is 6.98. The van der Waals surface area contributed by atoms with Gasteiger partial charge < -0.3 is 15.8 Å². The van der Waals surface area contributed by atoms with Crippen molar-refractivity contribution in [3.05, 3.63) is 29.3 Å². The SMILES string of the molecule is CC(C)(C)OC(=O)N[C@H]1CC(C)(C)c2ccc(N)cc21. The number of nitrogen functional groups attached to an aromatic ring is 1. The van der Waals surface area contributed by atoms with Crippen molar-refractivity contribution in [2.45, 2.75) is 58.1 Å². The zero-order valence-electron chi connectivity index (χ0n) is 12.9. The molecule has 0 saturated heterocycles. The Hall–Kier alpha value is -1.71. The molecule has 1 aliphatic carbocycles. The number of amides is 1. The van der Waals surface area contributed by atoms with E-state index in [0.29, 0.717) is 0 Å². The number of nitrogens with two attached hydrogens (primary N) is 1. The highest BCUT2D eigenvalue weighted by Crippen LogP contribution is 2.45. The molecule has 0 aliphatic heterocycles. The van der Waals surface area contributed by atoms with Crippen molar-refractivity contribution in [2.24, 2.45) is 0 Å². The number of carbonyl (C=O) groups is 1. The van der Waals surface area contributed by atoms with Crippen molar-refractivity contribution < 1.29 is 9.53 Å². The summed E-state index contributed by atoms with van der Waals surface area (Å²) in [7, 11) is 0. The maximum Gasteiger partial charge on any atom is 0.408 e. The van der Waals surface area contributed by atoms with Gasteiger partial charge in [0, 0.05) is 5.69 Å². The molecule has 0 radical (unpaired) electrons. The van der Waals surface area contributed by atoms with Crippen LogP contribution >= 0.6 is 0 Å². The molecular formula is C16H24N2O2. The van der Waals surface area contributed by atoms with Crippen molar-refractivity contribution in [2.75, 3.05) is 5.73 Å². The van der Waals surface area contributed by atoms with E-state index < -0.39 is 5.60 Å². The molecule has 1 aliphatic rings. The Kier molecular flexibility index (Phi) is 3.44. The summed E-state index contributed by atoms with van der Waals surface area (Å²) in [5, 5.41) is 2.96. The van der Waals surface area contributed by atoms with Gasteiger partial charge in [0.05, 0.1) is 6.04 Å². The van der Waals surface area contributed by atoms with E-state index in [1.807, 2.05) is 32.9 Å². The zero-order chi connectivity index (χ0) is 15.1. The minimum atomic E-state index is -0.489. The van der Waals surface area contributed by atoms with Crippen LogP contribution in [0.15, 0.2) is 18.2 Å². The summed E-state index contributed by atoms with van der Waals surface area (Å²) < 4.78 is 5.33. The summed E-state index contributed by atoms with van der Waals surface area (Å²) in [5.41, 5.74) is 8.47. The second kappa shape index (κ2) is 4.69. The first kappa shape index (κ1) is 14.7. The summed E-state index contributed by atoms with van der Waals surface area (Å²) >= 11 is 0. The zero-order valence-corrected chi connectivity index (χ0v) is 12.9. The first-order chi connectivity index (χ1) is 9.08. The molecule has 110 valence electrons. The Labute approximate surface area is 120 Å². The Balaban J connectivity index is 2.20. The number of hydrogen-bond acceptors (Lipinski definition) is 3. The molecule has 0 spiro atoms. The van der Waals surface area contributed by atoms with Crippen LogP contribution in [0.5, 0.6) is 0 Å². The minimum absolute atomic E-state index is 0.0305. The molecule has 0 saturated carbocycles. The van der Waals surface area contributed by atoms with Gasteiger partial charge in [0.15, 0.2) is 0 Å². The molecule has 1 aromatic carbocycles. The molecule has 20 heavy (non-hydrogen) atoms. The van der Waals surface area contributed by atoms with Crippen LogP contribution in [-0.4, -0.2) is 11.7 Å². The van der Waals surface area contributed by atoms with E-state index >= 15 is 0 Å². The molecule has 4 nitrogen and oxygen atoms in total. The number of ether oxygens (including phenoxy) is 1. The van der Waals surface area contributed by atoms with Gasteiger partial charge in [-0.25, -0.2) is 4.79 Å². The molecule has 0 unspecified atom stereocenters. The lowest BCUT2D eigenvalue weighted by Gasteiger charge is -2.23. The molecule has 1 aromatic rings. The van der Waals surface area contributed by atoms with E-state index in [4.69, 9.17) is 10.5 Å². The number of nitrogens with one attached hydrogen (secondary N) is 1. The Morgan fingerprint density at radius 3 is 2.65 bits per heavy atom. The average molecular weight is 276 g/mol. The van der Waals surface area contributed by atoms with Crippen LogP contribution in [0.25, 0.3) is 0 Å². The molecule has 1 atom stereocenters. The number of fused-ring (bicyclic) bond motifs is 1. The van der Waals surface area contributed by atoms with Gasteiger partial charge in [0.25, 0.3) is 0 Å². The molecule has 0 heterocycles. The molecule has 3 N–H and O–H groups in total. The van der Waals surface area contributed by atoms with Crippen molar-refractivity contribution >= 4 is 11.8 Å². The monoisotopic (exact) mass is 276 g/mol. The fourth-order valence-electron chi connectivity index (χ4n) is 2.79. The lowest BCUT2D eigenvalue weighted by atomic mass is 9.86. The lowest BCUT2D eigenvalue weighted by molar-refractivity contribution is 0.0501. The summed E-state index contributed by atoms with van der Waals surface area (Å²) in [5.74, 6) is 0. The highest BCUT2D eigenvalue weighted by atomic mass is 16.6. The van der Waals surface area contributed by atoms with E-state index in [1.165, 1.54) is 5.56 Å². The number of carbonyl (C=O) groups excluding carboxylic acids is 1. The van der Waals surface area contributed by atoms with Gasteiger partial charge in [-0.15, -0.1) is 0 Å². The predicted octanol–water partition coefficient (Wildman–Crippen LogP) is 3.52. The number of benzene rings is 1. The maximum atomic E-state index is 12.0. The van der Waals surface area contributed by atoms with Crippen LogP contribution in [-0.2, 0) is 10.2 Å².